The topological polar surface area (TPSA) is 143 Å². The average molecular weight is 1090 g/mol. The number of hydrogen-bond acceptors (Lipinski definition) is 9. The van der Waals surface area contributed by atoms with Gasteiger partial charge in [-0.3, -0.25) is 14.4 Å². The van der Waals surface area contributed by atoms with Crippen LogP contribution in [0.15, 0.2) is 194 Å². The summed E-state index contributed by atoms with van der Waals surface area (Å²) in [6.07, 6.45) is 1.95. The Morgan fingerprint density at radius 1 is 0.571 bits per heavy atom. The fourth-order valence-corrected chi connectivity index (χ4v) is 13.7. The highest BCUT2D eigenvalue weighted by Gasteiger charge is 2.44. The number of amides is 3. The first-order chi connectivity index (χ1) is 36.8. The molecule has 4 N–H and O–H groups in total. The molecule has 6 aromatic rings. The Bertz CT molecular complexity index is 2630. The predicted octanol–water partition coefficient (Wildman–Crippen LogP) is 11.8. The summed E-state index contributed by atoms with van der Waals surface area (Å²) >= 11 is 3.29. The fraction of sp³-hybridized carbons (Fsp3) is 0.344. The van der Waals surface area contributed by atoms with Crippen LogP contribution in [0, 0.1) is 5.92 Å². The monoisotopic (exact) mass is 1090 g/mol. The van der Waals surface area contributed by atoms with Crippen LogP contribution >= 0.6 is 23.5 Å². The van der Waals surface area contributed by atoms with Crippen LogP contribution in [0.5, 0.6) is 0 Å². The quantitative estimate of drug-likeness (QED) is 0.0137. The zero-order valence-electron chi connectivity index (χ0n) is 46.0. The maximum atomic E-state index is 15.0. The fourth-order valence-electron chi connectivity index (χ4n) is 9.21. The van der Waals surface area contributed by atoms with Gasteiger partial charge in [-0.25, -0.2) is 4.79 Å². The summed E-state index contributed by atoms with van der Waals surface area (Å²) in [5.41, 5.74) is 6.33. The number of carbonyl (C=O) groups excluding carboxylic acids is 4. The van der Waals surface area contributed by atoms with Crippen molar-refractivity contribution in [3.8, 4) is 0 Å². The highest BCUT2D eigenvalue weighted by molar-refractivity contribution is 8.00. The molecular weight excluding hydrogens is 1010 g/mol. The van der Waals surface area contributed by atoms with Gasteiger partial charge in [-0.1, -0.05) is 229 Å². The van der Waals surface area contributed by atoms with Crippen LogP contribution in [0.2, 0.25) is 18.1 Å². The van der Waals surface area contributed by atoms with E-state index in [-0.39, 0.29) is 17.2 Å². The van der Waals surface area contributed by atoms with Gasteiger partial charge >= 0.3 is 5.97 Å². The highest BCUT2D eigenvalue weighted by atomic mass is 32.2. The Morgan fingerprint density at radius 2 is 0.961 bits per heavy atom. The Labute approximate surface area is 466 Å². The molecule has 0 saturated heterocycles. The van der Waals surface area contributed by atoms with E-state index in [2.05, 4.69) is 159 Å². The van der Waals surface area contributed by atoms with Crippen molar-refractivity contribution in [3.05, 3.63) is 228 Å². The number of rotatable bonds is 26. The molecule has 0 fully saturated rings. The van der Waals surface area contributed by atoms with Gasteiger partial charge in [-0.05, 0) is 76.5 Å². The largest absolute Gasteiger partial charge is 0.467 e. The second-order valence-corrected chi connectivity index (χ2v) is 28.4. The molecule has 0 radical (unpaired) electrons. The van der Waals surface area contributed by atoms with Crippen LogP contribution in [-0.4, -0.2) is 86.1 Å². The molecule has 10 nitrogen and oxygen atoms in total. The lowest BCUT2D eigenvalue weighted by molar-refractivity contribution is -0.148. The Morgan fingerprint density at radius 3 is 1.32 bits per heavy atom. The molecular formula is C64H77N3O7S2Si. The van der Waals surface area contributed by atoms with E-state index in [0.717, 1.165) is 33.4 Å². The van der Waals surface area contributed by atoms with E-state index in [0.29, 0.717) is 12.2 Å². The van der Waals surface area contributed by atoms with Crippen LogP contribution in [0.3, 0.4) is 0 Å². The number of nitrogens with one attached hydrogen (secondary N) is 3. The molecule has 0 aliphatic carbocycles. The molecule has 5 atom stereocenters. The van der Waals surface area contributed by atoms with Crippen molar-refractivity contribution in [1.29, 1.82) is 0 Å². The molecule has 0 saturated carbocycles. The number of thioether (sulfide) groups is 2. The van der Waals surface area contributed by atoms with E-state index in [4.69, 9.17) is 9.16 Å². The van der Waals surface area contributed by atoms with Crippen molar-refractivity contribution >= 4 is 55.5 Å². The summed E-state index contributed by atoms with van der Waals surface area (Å²) in [6, 6.07) is 57.9. The Hall–Kier alpha value is -6.22. The number of esters is 1. The lowest BCUT2D eigenvalue weighted by Crippen LogP contribution is -2.60. The van der Waals surface area contributed by atoms with E-state index in [1.807, 2.05) is 90.6 Å². The van der Waals surface area contributed by atoms with Crippen molar-refractivity contribution < 1.29 is 33.4 Å². The maximum Gasteiger partial charge on any atom is 0.331 e. The molecule has 77 heavy (non-hydrogen) atoms. The van der Waals surface area contributed by atoms with E-state index >= 15 is 0 Å². The summed E-state index contributed by atoms with van der Waals surface area (Å²) < 4.78 is 10.5. The van der Waals surface area contributed by atoms with Gasteiger partial charge in [0, 0.05) is 5.75 Å². The Balaban J connectivity index is 1.22. The third-order valence-corrected chi connectivity index (χ3v) is 22.1. The van der Waals surface area contributed by atoms with E-state index in [9.17, 15) is 24.3 Å². The van der Waals surface area contributed by atoms with E-state index < -0.39 is 77.8 Å². The molecule has 0 aliphatic heterocycles. The molecule has 0 aromatic heterocycles. The Kier molecular flexibility index (Phi) is 21.7. The maximum absolute atomic E-state index is 15.0. The minimum absolute atomic E-state index is 0.0331. The van der Waals surface area contributed by atoms with Crippen LogP contribution in [-0.2, 0) is 37.8 Å². The smallest absolute Gasteiger partial charge is 0.331 e. The molecule has 0 bridgehead atoms. The van der Waals surface area contributed by atoms with E-state index in [1.165, 1.54) is 18.9 Å². The predicted molar refractivity (Wildman–Crippen MR) is 318 cm³/mol. The van der Waals surface area contributed by atoms with Gasteiger partial charge in [-0.2, -0.15) is 0 Å². The molecule has 1 unspecified atom stereocenters. The number of methoxy groups -OCH3 is 1. The molecule has 13 heteroatoms. The number of aliphatic hydroxyl groups excluding tert-OH is 1. The number of benzene rings is 6. The summed E-state index contributed by atoms with van der Waals surface area (Å²) in [5, 5.41) is 19.8. The third-order valence-electron chi connectivity index (χ3n) is 14.3. The number of hydrogen-bond donors (Lipinski definition) is 4. The van der Waals surface area contributed by atoms with Gasteiger partial charge in [0.15, 0.2) is 14.4 Å². The average Bonchev–Trinajstić information content (AvgIpc) is 3.45. The molecule has 6 aromatic carbocycles. The third kappa shape index (κ3) is 15.3. The minimum atomic E-state index is -2.45. The summed E-state index contributed by atoms with van der Waals surface area (Å²) in [4.78, 5) is 57.0. The summed E-state index contributed by atoms with van der Waals surface area (Å²) in [7, 11) is -1.19. The van der Waals surface area contributed by atoms with Crippen LogP contribution < -0.4 is 16.0 Å². The first kappa shape index (κ1) is 60.0. The summed E-state index contributed by atoms with van der Waals surface area (Å²) in [6.45, 7) is 15.8. The van der Waals surface area contributed by atoms with Crippen molar-refractivity contribution in [3.63, 3.8) is 0 Å². The van der Waals surface area contributed by atoms with Gasteiger partial charge in [0.25, 0.3) is 0 Å². The molecule has 0 aliphatic rings. The van der Waals surface area contributed by atoms with E-state index in [1.54, 1.807) is 26.8 Å². The van der Waals surface area contributed by atoms with Gasteiger partial charge in [-0.15, -0.1) is 23.5 Å². The number of carbonyl (C=O) groups is 4. The van der Waals surface area contributed by atoms with Crippen LogP contribution in [0.1, 0.15) is 87.8 Å². The minimum Gasteiger partial charge on any atom is -0.467 e. The van der Waals surface area contributed by atoms with Gasteiger partial charge in [0.05, 0.1) is 35.2 Å². The zero-order valence-corrected chi connectivity index (χ0v) is 48.6. The van der Waals surface area contributed by atoms with Crippen molar-refractivity contribution in [2.45, 2.75) is 112 Å². The molecule has 3 amide bonds. The highest BCUT2D eigenvalue weighted by Crippen LogP contribution is 2.50. The van der Waals surface area contributed by atoms with Crippen LogP contribution in [0.4, 0.5) is 0 Å². The second-order valence-electron chi connectivity index (χ2n) is 21.1. The lowest BCUT2D eigenvalue weighted by Gasteiger charge is -2.40. The first-order valence-corrected chi connectivity index (χ1v) is 31.3. The molecule has 0 heterocycles. The number of ether oxygens (including phenoxy) is 1. The standard InChI is InChI=1S/C64H77N3O7S2Si/c1-46(2)57(66-56(69)44-54(68)42-28-29-43-75-63(48-30-16-10-17-31-48,49-32-18-11-19-33-49)50-34-20-12-21-35-50)60(71)65-55(59(70)67-58(61(72)73-7)47(3)74-77(8,9)62(4,5)6)45-76-64(51-36-22-13-23-37-51,52-38-24-14-25-39-52)53-40-26-15-27-41-53/h10-28,30-42,46-47,54-55,57-58,68H,29,43-45H2,1-9H3,(H,65,71)(H,66,69)(H,67,70)/b42-28+/t47-,54?,55-,57-,58+/m1/s1. The second kappa shape index (κ2) is 27.9. The number of aliphatic hydroxyl groups is 1. The lowest BCUT2D eigenvalue weighted by atomic mass is 9.84. The SMILES string of the molecule is COC(=O)[C@@H](NC(=O)[C@@H](CSC(c1ccccc1)(c1ccccc1)c1ccccc1)NC(=O)[C@H](NC(=O)CC(O)/C=C/CCSC(c1ccccc1)(c1ccccc1)c1ccccc1)C(C)C)[C@@H](C)O[Si](C)(C)C(C)(C)C. The van der Waals surface area contributed by atoms with Gasteiger partial charge < -0.3 is 30.2 Å². The van der Waals surface area contributed by atoms with Gasteiger partial charge in [0.2, 0.25) is 17.7 Å². The van der Waals surface area contributed by atoms with Crippen molar-refractivity contribution in [2.75, 3.05) is 18.6 Å². The molecule has 406 valence electrons. The summed E-state index contributed by atoms with van der Waals surface area (Å²) in [5.74, 6) is -2.12. The van der Waals surface area contributed by atoms with Crippen LogP contribution in [0.25, 0.3) is 0 Å². The van der Waals surface area contributed by atoms with Crippen molar-refractivity contribution in [1.82, 2.24) is 16.0 Å². The molecule has 0 spiro atoms. The molecule has 6 rings (SSSR count). The van der Waals surface area contributed by atoms with Crippen molar-refractivity contribution in [2.24, 2.45) is 5.92 Å². The zero-order chi connectivity index (χ0) is 55.6. The number of allylic oxidation sites excluding steroid dienone is 1. The first-order valence-electron chi connectivity index (χ1n) is 26.5. The normalized spacial score (nSPS) is 14.2. The van der Waals surface area contributed by atoms with Gasteiger partial charge in [0.1, 0.15) is 12.1 Å².